The molecule has 3 aromatic rings. The van der Waals surface area contributed by atoms with Gasteiger partial charge >= 0.3 is 0 Å². The van der Waals surface area contributed by atoms with Crippen LogP contribution in [-0.4, -0.2) is 31.5 Å². The number of carbonyl (C=O) groups is 1. The third-order valence-corrected chi connectivity index (χ3v) is 4.89. The molecule has 0 aliphatic carbocycles. The lowest BCUT2D eigenvalue weighted by atomic mass is 10.1. The molecule has 0 saturated heterocycles. The van der Waals surface area contributed by atoms with E-state index in [1.807, 2.05) is 42.5 Å². The molecule has 3 rings (SSSR count). The number of aromatic nitrogens is 1. The Bertz CT molecular complexity index is 765. The van der Waals surface area contributed by atoms with Gasteiger partial charge in [-0.2, -0.15) is 0 Å². The minimum atomic E-state index is -0.103. The predicted octanol–water partition coefficient (Wildman–Crippen LogP) is 1.91. The third-order valence-electron chi connectivity index (χ3n) is 3.85. The molecule has 0 aliphatic heterocycles. The van der Waals surface area contributed by atoms with Gasteiger partial charge in [0.25, 0.3) is 5.91 Å². The monoisotopic (exact) mass is 326 g/mol. The first-order valence-corrected chi connectivity index (χ1v) is 8.45. The summed E-state index contributed by atoms with van der Waals surface area (Å²) in [6.07, 6.45) is 0. The van der Waals surface area contributed by atoms with Gasteiger partial charge in [0.15, 0.2) is 5.01 Å². The summed E-state index contributed by atoms with van der Waals surface area (Å²) in [4.78, 5) is 18.1. The van der Waals surface area contributed by atoms with E-state index in [1.54, 1.807) is 0 Å². The number of benzene rings is 2. The lowest BCUT2D eigenvalue weighted by Gasteiger charge is -2.21. The summed E-state index contributed by atoms with van der Waals surface area (Å²) in [7, 11) is 4.20. The summed E-state index contributed by atoms with van der Waals surface area (Å²) in [6, 6.07) is 18.3. The van der Waals surface area contributed by atoms with E-state index < -0.39 is 0 Å². The molecule has 0 spiro atoms. The highest BCUT2D eigenvalue weighted by atomic mass is 32.1. The van der Waals surface area contributed by atoms with Crippen LogP contribution in [0, 0.1) is 0 Å². The van der Waals surface area contributed by atoms with Crippen LogP contribution in [0.25, 0.3) is 10.2 Å². The van der Waals surface area contributed by atoms with Crippen molar-refractivity contribution in [1.82, 2.24) is 10.3 Å². The van der Waals surface area contributed by atoms with E-state index in [1.165, 1.54) is 21.8 Å². The highest BCUT2D eigenvalue weighted by molar-refractivity contribution is 7.20. The van der Waals surface area contributed by atoms with Gasteiger partial charge in [-0.1, -0.05) is 42.5 Å². The number of nitrogens with one attached hydrogen (secondary N) is 2. The molecule has 2 aromatic carbocycles. The van der Waals surface area contributed by atoms with Crippen molar-refractivity contribution in [3.05, 3.63) is 65.2 Å². The van der Waals surface area contributed by atoms with Crippen molar-refractivity contribution in [3.63, 3.8) is 0 Å². The Morgan fingerprint density at radius 1 is 1.13 bits per heavy atom. The number of hydrogen-bond donors (Lipinski definition) is 2. The molecular weight excluding hydrogens is 306 g/mol. The zero-order chi connectivity index (χ0) is 16.2. The Labute approximate surface area is 139 Å². The van der Waals surface area contributed by atoms with E-state index in [0.717, 1.165) is 10.2 Å². The SMILES string of the molecule is C[NH+](C)[C@H](CNC(=O)c1nc2ccccc2s1)c1ccccc1. The Hall–Kier alpha value is -2.24. The van der Waals surface area contributed by atoms with E-state index >= 15 is 0 Å². The molecule has 0 radical (unpaired) electrons. The molecule has 1 amide bonds. The van der Waals surface area contributed by atoms with Crippen molar-refractivity contribution in [3.8, 4) is 0 Å². The van der Waals surface area contributed by atoms with Crippen molar-refractivity contribution in [2.45, 2.75) is 6.04 Å². The first kappa shape index (κ1) is 15.6. The second kappa shape index (κ2) is 6.89. The largest absolute Gasteiger partial charge is 0.344 e. The van der Waals surface area contributed by atoms with Crippen molar-refractivity contribution >= 4 is 27.5 Å². The van der Waals surface area contributed by atoms with Gasteiger partial charge in [0.05, 0.1) is 30.9 Å². The van der Waals surface area contributed by atoms with Gasteiger partial charge in [0, 0.05) is 5.56 Å². The number of likely N-dealkylation sites (N-methyl/N-ethyl adjacent to an activating group) is 1. The number of fused-ring (bicyclic) bond motifs is 1. The number of nitrogens with zero attached hydrogens (tertiary/aromatic N) is 1. The topological polar surface area (TPSA) is 46.4 Å². The summed E-state index contributed by atoms with van der Waals surface area (Å²) >= 11 is 1.43. The summed E-state index contributed by atoms with van der Waals surface area (Å²) < 4.78 is 1.04. The molecule has 1 aromatic heterocycles. The van der Waals surface area contributed by atoms with Gasteiger partial charge in [-0.05, 0) is 12.1 Å². The fourth-order valence-electron chi connectivity index (χ4n) is 2.58. The molecule has 2 N–H and O–H groups in total. The van der Waals surface area contributed by atoms with E-state index in [4.69, 9.17) is 0 Å². The highest BCUT2D eigenvalue weighted by Crippen LogP contribution is 2.21. The lowest BCUT2D eigenvalue weighted by Crippen LogP contribution is -3.07. The molecule has 1 heterocycles. The minimum absolute atomic E-state index is 0.103. The summed E-state index contributed by atoms with van der Waals surface area (Å²) in [5.41, 5.74) is 2.09. The second-order valence-corrected chi connectivity index (χ2v) is 6.77. The molecule has 0 aliphatic rings. The van der Waals surface area contributed by atoms with Crippen molar-refractivity contribution in [1.29, 1.82) is 0 Å². The maximum absolute atomic E-state index is 12.4. The molecule has 5 heteroatoms. The van der Waals surface area contributed by atoms with Crippen molar-refractivity contribution in [2.24, 2.45) is 0 Å². The maximum Gasteiger partial charge on any atom is 0.280 e. The second-order valence-electron chi connectivity index (χ2n) is 5.74. The maximum atomic E-state index is 12.4. The normalized spacial score (nSPS) is 12.5. The van der Waals surface area contributed by atoms with Crippen LogP contribution in [0.2, 0.25) is 0 Å². The molecule has 118 valence electrons. The van der Waals surface area contributed by atoms with Gasteiger partial charge in [-0.15, -0.1) is 11.3 Å². The fourth-order valence-corrected chi connectivity index (χ4v) is 3.46. The number of carbonyl (C=O) groups excluding carboxylic acids is 1. The molecule has 0 saturated carbocycles. The van der Waals surface area contributed by atoms with Crippen molar-refractivity contribution in [2.75, 3.05) is 20.6 Å². The summed E-state index contributed by atoms with van der Waals surface area (Å²) in [6.45, 7) is 0.584. The summed E-state index contributed by atoms with van der Waals surface area (Å²) in [5, 5.41) is 3.55. The average molecular weight is 326 g/mol. The van der Waals surface area contributed by atoms with Crippen molar-refractivity contribution < 1.29 is 9.69 Å². The minimum Gasteiger partial charge on any atom is -0.344 e. The smallest absolute Gasteiger partial charge is 0.280 e. The zero-order valence-corrected chi connectivity index (χ0v) is 14.1. The number of quaternary nitrogens is 1. The summed E-state index contributed by atoms with van der Waals surface area (Å²) in [5.74, 6) is -0.103. The Kier molecular flexibility index (Phi) is 4.69. The first-order chi connectivity index (χ1) is 11.1. The average Bonchev–Trinajstić information content (AvgIpc) is 2.99. The van der Waals surface area contributed by atoms with Crippen LogP contribution in [-0.2, 0) is 0 Å². The van der Waals surface area contributed by atoms with Crippen LogP contribution in [0.5, 0.6) is 0 Å². The number of para-hydroxylation sites is 1. The van der Waals surface area contributed by atoms with Gasteiger partial charge < -0.3 is 10.2 Å². The molecule has 0 bridgehead atoms. The molecule has 4 nitrogen and oxygen atoms in total. The molecular formula is C18H20N3OS+. The number of thiazole rings is 1. The predicted molar refractivity (Wildman–Crippen MR) is 93.9 cm³/mol. The molecule has 0 unspecified atom stereocenters. The molecule has 0 fully saturated rings. The van der Waals surface area contributed by atoms with Crippen LogP contribution in [0.4, 0.5) is 0 Å². The lowest BCUT2D eigenvalue weighted by molar-refractivity contribution is -0.890. The highest BCUT2D eigenvalue weighted by Gasteiger charge is 2.20. The number of hydrogen-bond acceptors (Lipinski definition) is 3. The standard InChI is InChI=1S/C18H19N3OS/c1-21(2)15(13-8-4-3-5-9-13)12-19-17(22)18-20-14-10-6-7-11-16(14)23-18/h3-11,15H,12H2,1-2H3,(H,19,22)/p+1/t15-/m1/s1. The van der Waals surface area contributed by atoms with E-state index in [0.29, 0.717) is 11.6 Å². The number of amides is 1. The number of rotatable bonds is 5. The van der Waals surface area contributed by atoms with Gasteiger partial charge in [0.1, 0.15) is 6.04 Å². The fraction of sp³-hybridized carbons (Fsp3) is 0.222. The first-order valence-electron chi connectivity index (χ1n) is 7.64. The van der Waals surface area contributed by atoms with Crippen LogP contribution in [0.3, 0.4) is 0 Å². The Balaban J connectivity index is 1.71. The third kappa shape index (κ3) is 3.57. The molecule has 23 heavy (non-hydrogen) atoms. The van der Waals surface area contributed by atoms with E-state index in [2.05, 4.69) is 36.5 Å². The van der Waals surface area contributed by atoms with Crippen LogP contribution < -0.4 is 10.2 Å². The quantitative estimate of drug-likeness (QED) is 0.752. The van der Waals surface area contributed by atoms with E-state index in [9.17, 15) is 4.79 Å². The Morgan fingerprint density at radius 2 is 1.83 bits per heavy atom. The Morgan fingerprint density at radius 3 is 2.52 bits per heavy atom. The van der Waals surface area contributed by atoms with E-state index in [-0.39, 0.29) is 11.9 Å². The van der Waals surface area contributed by atoms with Gasteiger partial charge in [-0.25, -0.2) is 4.98 Å². The van der Waals surface area contributed by atoms with Gasteiger partial charge in [0.2, 0.25) is 0 Å². The van der Waals surface area contributed by atoms with Crippen LogP contribution >= 0.6 is 11.3 Å². The molecule has 1 atom stereocenters. The van der Waals surface area contributed by atoms with Crippen LogP contribution in [0.1, 0.15) is 21.4 Å². The van der Waals surface area contributed by atoms with Crippen LogP contribution in [0.15, 0.2) is 54.6 Å². The zero-order valence-electron chi connectivity index (χ0n) is 13.2. The van der Waals surface area contributed by atoms with Gasteiger partial charge in [-0.3, -0.25) is 4.79 Å².